The van der Waals surface area contributed by atoms with Gasteiger partial charge < -0.3 is 54.0 Å². The maximum atomic E-state index is 0. The van der Waals surface area contributed by atoms with Crippen LogP contribution < -0.4 is 0 Å². The molecule has 0 amide bonds. The van der Waals surface area contributed by atoms with Crippen molar-refractivity contribution in [3.05, 3.63) is 0 Å². The summed E-state index contributed by atoms with van der Waals surface area (Å²) in [5.41, 5.74) is 0. The summed E-state index contributed by atoms with van der Waals surface area (Å²) in [7, 11) is 0. The Morgan fingerprint density at radius 1 is 0.444 bits per heavy atom. The van der Waals surface area contributed by atoms with Crippen molar-refractivity contribution in [2.24, 2.45) is 0 Å². The van der Waals surface area contributed by atoms with Crippen molar-refractivity contribution in [1.82, 2.24) is 0 Å². The van der Waals surface area contributed by atoms with Crippen LogP contribution in [-0.2, 0) is 139 Å². The van der Waals surface area contributed by atoms with Gasteiger partial charge in [0.2, 0.25) is 0 Å². The van der Waals surface area contributed by atoms with Gasteiger partial charge in [0.1, 0.15) is 0 Å². The number of hydrogen-bond acceptors (Lipinski definition) is 4. The Balaban J connectivity index is 0. The Bertz CT molecular complexity index is 12.5. The molecule has 5 radical (unpaired) electrons. The number of rotatable bonds is 0. The molecule has 0 unspecified atom stereocenters. The van der Waals surface area contributed by atoms with E-state index in [9.17, 15) is 0 Å². The van der Waals surface area contributed by atoms with Crippen LogP contribution in [0.3, 0.4) is 0 Å². The molecule has 0 aromatic carbocycles. The average molecular weight is 410 g/mol. The Morgan fingerprint density at radius 2 is 0.444 bits per heavy atom. The van der Waals surface area contributed by atoms with Gasteiger partial charge in [0.25, 0.3) is 0 Å². The Labute approximate surface area is 137 Å². The van der Waals surface area contributed by atoms with Crippen LogP contribution in [0.25, 0.3) is 0 Å². The van der Waals surface area contributed by atoms with Gasteiger partial charge in [-0.2, -0.15) is 0 Å². The first kappa shape index (κ1) is 118. The fourth-order valence-corrected chi connectivity index (χ4v) is 0. The van der Waals surface area contributed by atoms with E-state index in [4.69, 9.17) is 0 Å². The van der Waals surface area contributed by atoms with Gasteiger partial charge in [-0.05, 0) is 0 Å². The van der Waals surface area contributed by atoms with Gasteiger partial charge in [-0.3, -0.25) is 0 Å². The third-order valence-corrected chi connectivity index (χ3v) is 0. The maximum absolute atomic E-state index is 0. The molecule has 0 aliphatic rings. The van der Waals surface area contributed by atoms with Gasteiger partial charge in [0.05, 0.1) is 0 Å². The normalized spacial score (nSPS) is 0. The van der Waals surface area contributed by atoms with Crippen molar-refractivity contribution in [2.75, 3.05) is 0 Å². The Morgan fingerprint density at radius 3 is 0.444 bits per heavy atom. The summed E-state index contributed by atoms with van der Waals surface area (Å²) in [6.45, 7) is 0. The largest absolute Gasteiger partial charge is 3.00 e. The molecule has 0 saturated carbocycles. The maximum Gasteiger partial charge on any atom is 3.00 e. The van der Waals surface area contributed by atoms with E-state index in [1.807, 2.05) is 0 Å². The third kappa shape index (κ3) is 75.5. The van der Waals surface area contributed by atoms with Crippen LogP contribution in [0.15, 0.2) is 0 Å². The molecule has 9 heteroatoms. The minimum Gasteiger partial charge on any atom is -1.00 e. The molecule has 0 nitrogen and oxygen atoms in total. The third-order valence-electron chi connectivity index (χ3n) is 0. The topological polar surface area (TPSA) is 0 Å². The van der Waals surface area contributed by atoms with E-state index in [1.165, 1.54) is 0 Å². The van der Waals surface area contributed by atoms with E-state index in [1.54, 1.807) is 0 Å². The summed E-state index contributed by atoms with van der Waals surface area (Å²) < 4.78 is 0. The smallest absolute Gasteiger partial charge is 1.00 e. The molecule has 9 heavy (non-hydrogen) atoms. The summed E-state index contributed by atoms with van der Waals surface area (Å²) in [4.78, 5) is 0. The van der Waals surface area contributed by atoms with E-state index < -0.39 is 0 Å². The van der Waals surface area contributed by atoms with Crippen LogP contribution in [0.2, 0.25) is 0 Å². The zero-order chi connectivity index (χ0) is 0. The van der Waals surface area contributed by atoms with Gasteiger partial charge in [0, 0.05) is 67.7 Å². The summed E-state index contributed by atoms with van der Waals surface area (Å²) in [5.74, 6) is 0. The molecule has 0 atom stereocenters. The van der Waals surface area contributed by atoms with Gasteiger partial charge in [-0.1, -0.05) is 0 Å². The van der Waals surface area contributed by atoms with E-state index >= 15 is 0 Å². The fraction of sp³-hybridized carbons (Fsp3) is 0. The standard InChI is InChI=1S/4Fe.Ni.4S/q;;;+3;;4*-1. The van der Waals surface area contributed by atoms with Gasteiger partial charge in [-0.25, -0.2) is 0 Å². The van der Waals surface area contributed by atoms with Crippen molar-refractivity contribution in [1.29, 1.82) is 0 Å². The second-order valence-electron chi connectivity index (χ2n) is 0. The molecule has 0 N–H and O–H groups in total. The van der Waals surface area contributed by atoms with E-state index in [2.05, 4.69) is 0 Å². The van der Waals surface area contributed by atoms with Gasteiger partial charge >= 0.3 is 17.1 Å². The zero-order valence-corrected chi connectivity index (χ0v) is 12.0. The molecule has 0 rings (SSSR count). The van der Waals surface area contributed by atoms with Crippen LogP contribution in [0.5, 0.6) is 0 Å². The van der Waals surface area contributed by atoms with Crippen LogP contribution in [-0.4, -0.2) is 0 Å². The fourth-order valence-electron chi connectivity index (χ4n) is 0. The SMILES string of the molecule is [Fe+3].[Fe].[Fe].[Fe].[Ni].[S-].[S-].[S-].[S-]. The summed E-state index contributed by atoms with van der Waals surface area (Å²) in [5, 5.41) is 0. The second-order valence-corrected chi connectivity index (χ2v) is 0. The summed E-state index contributed by atoms with van der Waals surface area (Å²) >= 11 is 0. The monoisotopic (exact) mass is 410 g/mol. The molecule has 0 aliphatic heterocycles. The average Bonchev–Trinajstić information content (AvgIpc) is 0. The second kappa shape index (κ2) is 91.4. The first-order valence-electron chi connectivity index (χ1n) is 0. The molecule has 0 aromatic rings. The molecule has 0 saturated heterocycles. The van der Waals surface area contributed by atoms with Crippen molar-refractivity contribution in [3.63, 3.8) is 0 Å². The first-order valence-corrected chi connectivity index (χ1v) is 0. The minimum atomic E-state index is 0. The molecule has 0 fully saturated rings. The molecular formula is Fe4NiS4-. The Hall–Kier alpha value is 3.97. The van der Waals surface area contributed by atoms with Crippen LogP contribution in [0, 0.1) is 0 Å². The van der Waals surface area contributed by atoms with Crippen molar-refractivity contribution in [3.8, 4) is 0 Å². The molecule has 0 aromatic heterocycles. The summed E-state index contributed by atoms with van der Waals surface area (Å²) in [6, 6.07) is 0. The van der Waals surface area contributed by atoms with Crippen molar-refractivity contribution < 1.29 is 84.8 Å². The predicted molar refractivity (Wildman–Crippen MR) is 29.5 cm³/mol. The van der Waals surface area contributed by atoms with Crippen LogP contribution >= 0.6 is 0 Å². The zero-order valence-electron chi connectivity index (χ0n) is 3.36. The molecule has 0 spiro atoms. The predicted octanol–water partition coefficient (Wildman–Crippen LogP) is -0.0221. The molecule has 67 valence electrons. The Kier molecular flexibility index (Phi) is 1200. The molecule has 0 aliphatic carbocycles. The first-order chi connectivity index (χ1) is 0. The van der Waals surface area contributed by atoms with Gasteiger partial charge in [0.15, 0.2) is 0 Å². The van der Waals surface area contributed by atoms with E-state index in [0.29, 0.717) is 0 Å². The van der Waals surface area contributed by atoms with E-state index in [-0.39, 0.29) is 139 Å². The van der Waals surface area contributed by atoms with E-state index in [0.717, 1.165) is 0 Å². The van der Waals surface area contributed by atoms with Gasteiger partial charge in [-0.15, -0.1) is 0 Å². The summed E-state index contributed by atoms with van der Waals surface area (Å²) in [6.07, 6.45) is 0. The number of hydrogen-bond donors (Lipinski definition) is 0. The molecule has 0 heterocycles. The van der Waals surface area contributed by atoms with Crippen LogP contribution in [0.1, 0.15) is 0 Å². The van der Waals surface area contributed by atoms with Crippen molar-refractivity contribution >= 4 is 54.0 Å². The van der Waals surface area contributed by atoms with Crippen LogP contribution in [0.4, 0.5) is 0 Å². The minimum absolute atomic E-state index is 0. The quantitative estimate of drug-likeness (QED) is 0.389. The van der Waals surface area contributed by atoms with Crippen molar-refractivity contribution in [2.45, 2.75) is 0 Å². The molecular weight excluding hydrogens is 410 g/mol. The molecule has 0 bridgehead atoms.